The van der Waals surface area contributed by atoms with Gasteiger partial charge in [0.2, 0.25) is 0 Å². The van der Waals surface area contributed by atoms with Crippen LogP contribution in [-0.4, -0.2) is 29.5 Å². The third-order valence-corrected chi connectivity index (χ3v) is 7.35. The van der Waals surface area contributed by atoms with Crippen LogP contribution in [0.15, 0.2) is 34.9 Å². The molecule has 0 radical (unpaired) electrons. The van der Waals surface area contributed by atoms with Crippen molar-refractivity contribution in [2.75, 3.05) is 6.61 Å². The van der Waals surface area contributed by atoms with Crippen LogP contribution in [-0.2, 0) is 9.59 Å². The van der Waals surface area contributed by atoms with Gasteiger partial charge in [-0.05, 0) is 49.2 Å². The number of aliphatic hydroxyl groups excluding tert-OH is 1. The predicted octanol–water partition coefficient (Wildman–Crippen LogP) is 3.48. The summed E-state index contributed by atoms with van der Waals surface area (Å²) in [6.07, 6.45) is 7.70. The highest BCUT2D eigenvalue weighted by Crippen LogP contribution is 2.63. The molecule has 134 valence electrons. The lowest BCUT2D eigenvalue weighted by Gasteiger charge is -2.53. The Balaban J connectivity index is 1.76. The summed E-state index contributed by atoms with van der Waals surface area (Å²) in [5.74, 6) is 0.134. The van der Waals surface area contributed by atoms with E-state index in [2.05, 4.69) is 19.9 Å². The second-order valence-electron chi connectivity index (χ2n) is 8.53. The molecule has 4 aliphatic rings. The Hall–Kier alpha value is -1.55. The molecule has 0 amide bonds. The number of carbonyl (C=O) groups is 2. The maximum atomic E-state index is 15.0. The number of aliphatic hydroxyl groups is 1. The van der Waals surface area contributed by atoms with E-state index in [1.165, 1.54) is 5.57 Å². The number of hydrogen-bond acceptors (Lipinski definition) is 3. The van der Waals surface area contributed by atoms with Crippen LogP contribution >= 0.6 is 0 Å². The van der Waals surface area contributed by atoms with Crippen LogP contribution in [0.3, 0.4) is 0 Å². The monoisotopic (exact) mass is 344 g/mol. The van der Waals surface area contributed by atoms with Crippen LogP contribution in [0.25, 0.3) is 0 Å². The van der Waals surface area contributed by atoms with E-state index >= 15 is 4.39 Å². The van der Waals surface area contributed by atoms with Gasteiger partial charge in [0.1, 0.15) is 12.8 Å². The highest BCUT2D eigenvalue weighted by atomic mass is 19.1. The summed E-state index contributed by atoms with van der Waals surface area (Å²) in [5, 5.41) is 9.29. The molecule has 4 heteroatoms. The predicted molar refractivity (Wildman–Crippen MR) is 92.5 cm³/mol. The molecule has 0 heterocycles. The first-order valence-corrected chi connectivity index (χ1v) is 9.25. The van der Waals surface area contributed by atoms with Crippen LogP contribution in [0, 0.1) is 22.7 Å². The summed E-state index contributed by atoms with van der Waals surface area (Å²) in [4.78, 5) is 24.0. The minimum Gasteiger partial charge on any atom is -0.388 e. The van der Waals surface area contributed by atoms with Gasteiger partial charge in [-0.25, -0.2) is 4.39 Å². The number of carbonyl (C=O) groups excluding carboxylic acids is 2. The molecule has 0 spiro atoms. The zero-order valence-electron chi connectivity index (χ0n) is 14.8. The van der Waals surface area contributed by atoms with Gasteiger partial charge in [-0.2, -0.15) is 0 Å². The van der Waals surface area contributed by atoms with E-state index in [-0.39, 0.29) is 34.2 Å². The van der Waals surface area contributed by atoms with Gasteiger partial charge in [-0.3, -0.25) is 9.59 Å². The summed E-state index contributed by atoms with van der Waals surface area (Å²) < 4.78 is 15.0. The third kappa shape index (κ3) is 2.19. The molecule has 3 nitrogen and oxygen atoms in total. The zero-order valence-corrected chi connectivity index (χ0v) is 14.8. The number of allylic oxidation sites excluding steroid dienone is 5. The molecular formula is C21H25FO3. The molecule has 5 atom stereocenters. The fourth-order valence-electron chi connectivity index (χ4n) is 5.96. The Morgan fingerprint density at radius 3 is 2.80 bits per heavy atom. The first-order valence-electron chi connectivity index (χ1n) is 9.25. The van der Waals surface area contributed by atoms with Gasteiger partial charge in [-0.15, -0.1) is 0 Å². The van der Waals surface area contributed by atoms with Gasteiger partial charge in [-0.1, -0.05) is 31.6 Å². The molecule has 1 saturated carbocycles. The van der Waals surface area contributed by atoms with Crippen LogP contribution in [0.2, 0.25) is 0 Å². The van der Waals surface area contributed by atoms with Crippen LogP contribution in [0.1, 0.15) is 46.0 Å². The minimum absolute atomic E-state index is 0.0354. The van der Waals surface area contributed by atoms with Gasteiger partial charge >= 0.3 is 0 Å². The molecule has 0 aromatic carbocycles. The molecule has 4 aliphatic carbocycles. The lowest BCUT2D eigenvalue weighted by atomic mass is 9.50. The number of rotatable bonds is 2. The van der Waals surface area contributed by atoms with Crippen molar-refractivity contribution in [1.29, 1.82) is 0 Å². The van der Waals surface area contributed by atoms with Crippen LogP contribution < -0.4 is 0 Å². The van der Waals surface area contributed by atoms with Crippen LogP contribution in [0.5, 0.6) is 0 Å². The maximum absolute atomic E-state index is 15.0. The number of hydrogen-bond donors (Lipinski definition) is 1. The van der Waals surface area contributed by atoms with E-state index in [4.69, 9.17) is 0 Å². The molecule has 0 bridgehead atoms. The lowest BCUT2D eigenvalue weighted by molar-refractivity contribution is -0.119. The van der Waals surface area contributed by atoms with Crippen molar-refractivity contribution in [3.05, 3.63) is 34.9 Å². The molecule has 4 rings (SSSR count). The fourth-order valence-corrected chi connectivity index (χ4v) is 5.96. The Morgan fingerprint density at radius 1 is 1.32 bits per heavy atom. The summed E-state index contributed by atoms with van der Waals surface area (Å²) in [7, 11) is 0. The molecule has 0 saturated heterocycles. The average molecular weight is 344 g/mol. The second kappa shape index (κ2) is 5.47. The van der Waals surface area contributed by atoms with E-state index in [9.17, 15) is 14.7 Å². The van der Waals surface area contributed by atoms with Crippen molar-refractivity contribution in [2.45, 2.75) is 52.1 Å². The highest BCUT2D eigenvalue weighted by Gasteiger charge is 2.56. The van der Waals surface area contributed by atoms with Gasteiger partial charge in [0.25, 0.3) is 0 Å². The molecule has 0 unspecified atom stereocenters. The number of halogens is 1. The Labute approximate surface area is 147 Å². The third-order valence-electron chi connectivity index (χ3n) is 7.35. The Bertz CT molecular complexity index is 746. The topological polar surface area (TPSA) is 54.4 Å². The largest absolute Gasteiger partial charge is 0.388 e. The molecule has 0 aromatic heterocycles. The minimum atomic E-state index is -1.09. The SMILES string of the molecule is C[C@]12CCC(=O)C=C1[C@@H](F)C[C@@H]1C2=CC[C@]2(C)C(C(=O)CO)=CC[C@@H]12. The van der Waals surface area contributed by atoms with E-state index in [1.807, 2.05) is 6.08 Å². The van der Waals surface area contributed by atoms with Crippen molar-refractivity contribution >= 4 is 11.6 Å². The average Bonchev–Trinajstić information content (AvgIpc) is 2.93. The van der Waals surface area contributed by atoms with E-state index in [0.29, 0.717) is 24.8 Å². The first kappa shape index (κ1) is 16.9. The molecule has 25 heavy (non-hydrogen) atoms. The molecular weight excluding hydrogens is 319 g/mol. The molecule has 0 aromatic rings. The summed E-state index contributed by atoms with van der Waals surface area (Å²) in [6, 6.07) is 0. The van der Waals surface area contributed by atoms with Crippen molar-refractivity contribution < 1.29 is 19.1 Å². The van der Waals surface area contributed by atoms with E-state index < -0.39 is 12.8 Å². The normalized spacial score (nSPS) is 42.6. The van der Waals surface area contributed by atoms with Gasteiger partial charge < -0.3 is 5.11 Å². The van der Waals surface area contributed by atoms with Gasteiger partial charge in [0, 0.05) is 22.8 Å². The first-order chi connectivity index (χ1) is 11.8. The summed E-state index contributed by atoms with van der Waals surface area (Å²) >= 11 is 0. The number of Topliss-reactive ketones (excluding diaryl/α,β-unsaturated/α-hetero) is 1. The van der Waals surface area contributed by atoms with Crippen molar-refractivity contribution in [2.24, 2.45) is 22.7 Å². The standard InChI is InChI=1S/C21H25FO3/c1-20-8-6-15-13(14(20)3-4-16(20)19(25)11-23)10-18(22)17-9-12(24)5-7-21(15,17)2/h4,6,9,13-14,18,23H,3,5,7-8,10-11H2,1-2H3/t13-,14-,18-,20-,21+/m0/s1. The summed E-state index contributed by atoms with van der Waals surface area (Å²) in [5.41, 5.74) is 1.98. The zero-order chi connectivity index (χ0) is 18.0. The van der Waals surface area contributed by atoms with E-state index in [1.54, 1.807) is 6.08 Å². The summed E-state index contributed by atoms with van der Waals surface area (Å²) in [6.45, 7) is 3.71. The maximum Gasteiger partial charge on any atom is 0.184 e. The van der Waals surface area contributed by atoms with Crippen molar-refractivity contribution in [3.63, 3.8) is 0 Å². The highest BCUT2D eigenvalue weighted by molar-refractivity contribution is 5.98. The molecule has 1 fully saturated rings. The fraction of sp³-hybridized carbons (Fsp3) is 0.619. The van der Waals surface area contributed by atoms with E-state index in [0.717, 1.165) is 18.4 Å². The quantitative estimate of drug-likeness (QED) is 0.780. The molecule has 1 N–H and O–H groups in total. The van der Waals surface area contributed by atoms with Crippen LogP contribution in [0.4, 0.5) is 4.39 Å². The Morgan fingerprint density at radius 2 is 2.08 bits per heavy atom. The number of alkyl halides is 1. The lowest BCUT2D eigenvalue weighted by Crippen LogP contribution is -2.47. The van der Waals surface area contributed by atoms with Crippen molar-refractivity contribution in [3.8, 4) is 0 Å². The second-order valence-corrected chi connectivity index (χ2v) is 8.53. The van der Waals surface area contributed by atoms with Gasteiger partial charge in [0.05, 0.1) is 0 Å². The Kier molecular flexibility index (Phi) is 3.70. The smallest absolute Gasteiger partial charge is 0.184 e. The number of fused-ring (bicyclic) bond motifs is 5. The van der Waals surface area contributed by atoms with Gasteiger partial charge in [0.15, 0.2) is 11.6 Å². The molecule has 0 aliphatic heterocycles. The number of ketones is 2. The van der Waals surface area contributed by atoms with Crippen molar-refractivity contribution in [1.82, 2.24) is 0 Å².